The Morgan fingerprint density at radius 1 is 1.30 bits per heavy atom. The second kappa shape index (κ2) is 4.01. The van der Waals surface area contributed by atoms with Gasteiger partial charge in [-0.25, -0.2) is 14.6 Å². The number of hydrogen-bond donors (Lipinski definition) is 0. The molecule has 7 heteroatoms. The molecule has 0 saturated carbocycles. The van der Waals surface area contributed by atoms with E-state index in [4.69, 9.17) is 11.6 Å². The van der Waals surface area contributed by atoms with Crippen molar-refractivity contribution in [1.82, 2.24) is 24.3 Å². The molecule has 2 aromatic heterocycles. The van der Waals surface area contributed by atoms with E-state index in [1.54, 1.807) is 17.1 Å². The molecule has 0 spiro atoms. The third-order valence-corrected chi connectivity index (χ3v) is 3.62. The monoisotopic (exact) mass is 285 g/mol. The molecule has 3 aromatic rings. The Bertz CT molecular complexity index is 835. The van der Waals surface area contributed by atoms with Crippen LogP contribution in [0, 0.1) is 0 Å². The Morgan fingerprint density at radius 2 is 2.20 bits per heavy atom. The predicted molar refractivity (Wildman–Crippen MR) is 72.1 cm³/mol. The van der Waals surface area contributed by atoms with E-state index in [0.717, 1.165) is 29.1 Å². The van der Waals surface area contributed by atoms with Gasteiger partial charge in [-0.05, 0) is 18.2 Å². The van der Waals surface area contributed by atoms with E-state index in [-0.39, 0.29) is 0 Å². The number of halogens is 1. The van der Waals surface area contributed by atoms with Gasteiger partial charge in [-0.15, -0.1) is 0 Å². The molecule has 0 fully saturated rings. The van der Waals surface area contributed by atoms with Gasteiger partial charge in [0.25, 0.3) is 0 Å². The first-order chi connectivity index (χ1) is 9.78. The van der Waals surface area contributed by atoms with Crippen molar-refractivity contribution in [1.29, 1.82) is 0 Å². The molecule has 0 aliphatic carbocycles. The predicted octanol–water partition coefficient (Wildman–Crippen LogP) is 1.96. The van der Waals surface area contributed by atoms with Gasteiger partial charge in [-0.3, -0.25) is 9.36 Å². The molecule has 20 heavy (non-hydrogen) atoms. The summed E-state index contributed by atoms with van der Waals surface area (Å²) in [5.74, 6) is 0.725. The lowest BCUT2D eigenvalue weighted by Crippen LogP contribution is -2.06. The zero-order chi connectivity index (χ0) is 13.7. The van der Waals surface area contributed by atoms with Crippen LogP contribution in [0.4, 0.5) is 0 Å². The van der Waals surface area contributed by atoms with Crippen LogP contribution in [0.25, 0.3) is 17.1 Å². The van der Waals surface area contributed by atoms with E-state index in [0.29, 0.717) is 17.3 Å². The van der Waals surface area contributed by atoms with Gasteiger partial charge in [0, 0.05) is 10.6 Å². The Hall–Kier alpha value is -2.47. The summed E-state index contributed by atoms with van der Waals surface area (Å²) in [5.41, 5.74) is 2.95. The summed E-state index contributed by atoms with van der Waals surface area (Å²) in [4.78, 5) is 19.6. The molecule has 3 heterocycles. The number of rotatable bonds is 1. The van der Waals surface area contributed by atoms with E-state index >= 15 is 0 Å². The summed E-state index contributed by atoms with van der Waals surface area (Å²) in [6.45, 7) is 0.440. The summed E-state index contributed by atoms with van der Waals surface area (Å²) in [6.07, 6.45) is 3.88. The zero-order valence-electron chi connectivity index (χ0n) is 10.2. The van der Waals surface area contributed by atoms with Gasteiger partial charge in [-0.1, -0.05) is 11.6 Å². The first-order valence-corrected chi connectivity index (χ1v) is 6.35. The number of aldehydes is 1. The van der Waals surface area contributed by atoms with Crippen LogP contribution in [-0.2, 0) is 6.54 Å². The third-order valence-electron chi connectivity index (χ3n) is 3.38. The number of carbonyl (C=O) groups excluding carboxylic acids is 1. The molecule has 0 bridgehead atoms. The molecule has 0 radical (unpaired) electrons. The van der Waals surface area contributed by atoms with Gasteiger partial charge >= 0.3 is 0 Å². The van der Waals surface area contributed by atoms with Crippen LogP contribution in [0.15, 0.2) is 30.9 Å². The lowest BCUT2D eigenvalue weighted by molar-refractivity contribution is 0.111. The fraction of sp³-hybridized carbons (Fsp3) is 0.0769. The maximum absolute atomic E-state index is 11.1. The number of fused-ring (bicyclic) bond motifs is 5. The first kappa shape index (κ1) is 11.4. The van der Waals surface area contributed by atoms with Crippen molar-refractivity contribution in [2.24, 2.45) is 0 Å². The van der Waals surface area contributed by atoms with Crippen LogP contribution in [0.1, 0.15) is 16.2 Å². The lowest BCUT2D eigenvalue weighted by atomic mass is 10.1. The molecule has 0 saturated heterocycles. The van der Waals surface area contributed by atoms with Crippen LogP contribution >= 0.6 is 11.6 Å². The number of carbonyl (C=O) groups is 1. The maximum Gasteiger partial charge on any atom is 0.170 e. The highest BCUT2D eigenvalue weighted by Gasteiger charge is 2.23. The highest BCUT2D eigenvalue weighted by atomic mass is 35.5. The smallest absolute Gasteiger partial charge is 0.170 e. The molecule has 0 atom stereocenters. The summed E-state index contributed by atoms with van der Waals surface area (Å²) in [6, 6.07) is 5.53. The summed E-state index contributed by atoms with van der Waals surface area (Å²) >= 11 is 6.08. The maximum atomic E-state index is 11.1. The highest BCUT2D eigenvalue weighted by Crippen LogP contribution is 2.32. The van der Waals surface area contributed by atoms with Crippen molar-refractivity contribution in [3.63, 3.8) is 0 Å². The average molecular weight is 286 g/mol. The van der Waals surface area contributed by atoms with Crippen molar-refractivity contribution in [2.45, 2.75) is 6.54 Å². The molecule has 1 aliphatic heterocycles. The van der Waals surface area contributed by atoms with Gasteiger partial charge in [0.2, 0.25) is 0 Å². The summed E-state index contributed by atoms with van der Waals surface area (Å²) < 4.78 is 3.62. The molecule has 1 aliphatic rings. The SMILES string of the molecule is O=Cc1ncn2c1Cn1ncnc1-c1cc(Cl)ccc1-2. The average Bonchev–Trinajstić information content (AvgIpc) is 3.04. The van der Waals surface area contributed by atoms with Crippen molar-refractivity contribution >= 4 is 17.9 Å². The molecular formula is C13H8ClN5O. The minimum atomic E-state index is 0.411. The number of imidazole rings is 1. The van der Waals surface area contributed by atoms with Crippen LogP contribution in [0.5, 0.6) is 0 Å². The number of benzene rings is 1. The number of nitrogens with zero attached hydrogens (tertiary/aromatic N) is 5. The fourth-order valence-corrected chi connectivity index (χ4v) is 2.65. The molecule has 0 amide bonds. The van der Waals surface area contributed by atoms with E-state index in [1.807, 2.05) is 16.7 Å². The Morgan fingerprint density at radius 3 is 3.05 bits per heavy atom. The quantitative estimate of drug-likeness (QED) is 0.502. The summed E-state index contributed by atoms with van der Waals surface area (Å²) in [7, 11) is 0. The van der Waals surface area contributed by atoms with Gasteiger partial charge < -0.3 is 0 Å². The van der Waals surface area contributed by atoms with Crippen molar-refractivity contribution in [3.8, 4) is 17.1 Å². The second-order valence-corrected chi connectivity index (χ2v) is 4.90. The third kappa shape index (κ3) is 1.45. The van der Waals surface area contributed by atoms with Gasteiger partial charge in [0.1, 0.15) is 18.3 Å². The molecule has 6 nitrogen and oxygen atoms in total. The Kier molecular flexibility index (Phi) is 2.28. The minimum absolute atomic E-state index is 0.411. The van der Waals surface area contributed by atoms with Crippen LogP contribution in [-0.4, -0.2) is 30.6 Å². The first-order valence-electron chi connectivity index (χ1n) is 5.97. The van der Waals surface area contributed by atoms with Crippen molar-refractivity contribution < 1.29 is 4.79 Å². The molecular weight excluding hydrogens is 278 g/mol. The Balaban J connectivity index is 2.11. The number of hydrogen-bond acceptors (Lipinski definition) is 4. The van der Waals surface area contributed by atoms with Crippen LogP contribution in [0.3, 0.4) is 0 Å². The molecule has 4 rings (SSSR count). The van der Waals surface area contributed by atoms with Gasteiger partial charge in [0.05, 0.1) is 17.9 Å². The van der Waals surface area contributed by atoms with Crippen molar-refractivity contribution in [3.05, 3.63) is 47.3 Å². The minimum Gasteiger partial charge on any atom is -0.300 e. The molecule has 98 valence electrons. The largest absolute Gasteiger partial charge is 0.300 e. The summed E-state index contributed by atoms with van der Waals surface area (Å²) in [5, 5.41) is 4.83. The van der Waals surface area contributed by atoms with E-state index in [9.17, 15) is 4.79 Å². The van der Waals surface area contributed by atoms with E-state index < -0.39 is 0 Å². The van der Waals surface area contributed by atoms with Crippen molar-refractivity contribution in [2.75, 3.05) is 0 Å². The highest BCUT2D eigenvalue weighted by molar-refractivity contribution is 6.31. The molecule has 0 N–H and O–H groups in total. The van der Waals surface area contributed by atoms with Crippen LogP contribution in [0.2, 0.25) is 5.02 Å². The fourth-order valence-electron chi connectivity index (χ4n) is 2.48. The normalized spacial score (nSPS) is 12.2. The number of aromatic nitrogens is 5. The molecule has 1 aromatic carbocycles. The Labute approximate surface area is 118 Å². The van der Waals surface area contributed by atoms with Crippen LogP contribution < -0.4 is 0 Å². The topological polar surface area (TPSA) is 65.6 Å². The second-order valence-electron chi connectivity index (χ2n) is 4.47. The zero-order valence-corrected chi connectivity index (χ0v) is 10.9. The lowest BCUT2D eigenvalue weighted by Gasteiger charge is -2.08. The van der Waals surface area contributed by atoms with Gasteiger partial charge in [-0.2, -0.15) is 5.10 Å². The van der Waals surface area contributed by atoms with E-state index in [1.165, 1.54) is 6.33 Å². The van der Waals surface area contributed by atoms with E-state index in [2.05, 4.69) is 15.1 Å². The standard InChI is InChI=1S/C13H8ClN5O/c14-8-1-2-11-9(3-8)13-15-6-17-19(13)4-12-10(5-20)16-7-18(11)12/h1-3,5-7H,4H2. The molecule has 0 unspecified atom stereocenters. The van der Waals surface area contributed by atoms with Gasteiger partial charge in [0.15, 0.2) is 12.1 Å².